The number of carbonyl (C=O) groups is 1. The quantitative estimate of drug-likeness (QED) is 0.747. The van der Waals surface area contributed by atoms with E-state index in [0.29, 0.717) is 11.4 Å². The molecule has 1 unspecified atom stereocenters. The Morgan fingerprint density at radius 1 is 1.77 bits per heavy atom. The van der Waals surface area contributed by atoms with Crippen molar-refractivity contribution >= 4 is 5.97 Å². The molecule has 0 fully saturated rings. The fraction of sp³-hybridized carbons (Fsp3) is 0.500. The lowest BCUT2D eigenvalue weighted by Crippen LogP contribution is -2.08. The van der Waals surface area contributed by atoms with Crippen molar-refractivity contribution in [2.24, 2.45) is 7.05 Å². The molecule has 0 aromatic carbocycles. The Kier molecular flexibility index (Phi) is 2.55. The van der Waals surface area contributed by atoms with Gasteiger partial charge in [0.2, 0.25) is 5.88 Å². The molecule has 1 aromatic heterocycles. The van der Waals surface area contributed by atoms with Gasteiger partial charge in [0.15, 0.2) is 0 Å². The third-order valence-electron chi connectivity index (χ3n) is 1.94. The molecule has 0 amide bonds. The summed E-state index contributed by atoms with van der Waals surface area (Å²) in [5, 5.41) is 12.7. The Morgan fingerprint density at radius 2 is 2.38 bits per heavy atom. The largest absolute Gasteiger partial charge is 0.481 e. The normalized spacial score (nSPS) is 12.5. The molecular weight excluding hydrogens is 172 g/mol. The fourth-order valence-corrected chi connectivity index (χ4v) is 1.12. The number of carboxylic acids is 1. The predicted molar refractivity (Wildman–Crippen MR) is 45.8 cm³/mol. The van der Waals surface area contributed by atoms with Gasteiger partial charge in [-0.2, -0.15) is 5.10 Å². The molecule has 0 aliphatic heterocycles. The maximum atomic E-state index is 10.7. The lowest BCUT2D eigenvalue weighted by Gasteiger charge is -2.06. The summed E-state index contributed by atoms with van der Waals surface area (Å²) < 4.78 is 6.53. The molecule has 1 atom stereocenters. The van der Waals surface area contributed by atoms with Gasteiger partial charge in [-0.1, -0.05) is 0 Å². The van der Waals surface area contributed by atoms with E-state index in [-0.39, 0.29) is 0 Å². The van der Waals surface area contributed by atoms with E-state index in [2.05, 4.69) is 5.10 Å². The molecule has 0 spiro atoms. The van der Waals surface area contributed by atoms with Crippen LogP contribution in [0.1, 0.15) is 18.4 Å². The first kappa shape index (κ1) is 9.57. The number of nitrogens with zero attached hydrogens (tertiary/aromatic N) is 2. The molecule has 1 heterocycles. The van der Waals surface area contributed by atoms with Crippen LogP contribution in [0.5, 0.6) is 5.88 Å². The second-order valence-corrected chi connectivity index (χ2v) is 2.79. The van der Waals surface area contributed by atoms with E-state index in [4.69, 9.17) is 9.84 Å². The van der Waals surface area contributed by atoms with Crippen LogP contribution in [0.2, 0.25) is 0 Å². The molecule has 0 saturated heterocycles. The number of aryl methyl sites for hydroxylation is 1. The number of carboxylic acid groups (broad SMARTS) is 1. The van der Waals surface area contributed by atoms with E-state index < -0.39 is 11.9 Å². The number of methoxy groups -OCH3 is 1. The number of hydrogen-bond acceptors (Lipinski definition) is 3. The van der Waals surface area contributed by atoms with E-state index >= 15 is 0 Å². The predicted octanol–water partition coefficient (Wildman–Crippen LogP) is 0.617. The van der Waals surface area contributed by atoms with E-state index in [1.54, 1.807) is 14.0 Å². The van der Waals surface area contributed by atoms with Crippen LogP contribution in [0.15, 0.2) is 6.20 Å². The summed E-state index contributed by atoms with van der Waals surface area (Å²) in [5.74, 6) is -0.982. The van der Waals surface area contributed by atoms with E-state index in [1.807, 2.05) is 0 Å². The first-order valence-corrected chi connectivity index (χ1v) is 3.86. The molecule has 0 saturated carbocycles. The highest BCUT2D eigenvalue weighted by molar-refractivity contribution is 5.76. The number of hydrogen-bond donors (Lipinski definition) is 1. The first-order valence-electron chi connectivity index (χ1n) is 3.86. The van der Waals surface area contributed by atoms with Gasteiger partial charge in [-0.25, -0.2) is 4.68 Å². The summed E-state index contributed by atoms with van der Waals surface area (Å²) in [6.45, 7) is 1.60. The third kappa shape index (κ3) is 1.63. The average molecular weight is 184 g/mol. The second kappa shape index (κ2) is 3.47. The SMILES string of the molecule is COc1c(C(C)C(=O)O)cnn1C. The highest BCUT2D eigenvalue weighted by atomic mass is 16.5. The van der Waals surface area contributed by atoms with Crippen molar-refractivity contribution < 1.29 is 14.6 Å². The third-order valence-corrected chi connectivity index (χ3v) is 1.94. The molecule has 5 nitrogen and oxygen atoms in total. The van der Waals surface area contributed by atoms with E-state index in [0.717, 1.165) is 0 Å². The zero-order valence-electron chi connectivity index (χ0n) is 7.81. The Balaban J connectivity index is 3.06. The van der Waals surface area contributed by atoms with Gasteiger partial charge in [-0.3, -0.25) is 4.79 Å². The van der Waals surface area contributed by atoms with Crippen LogP contribution < -0.4 is 4.74 Å². The van der Waals surface area contributed by atoms with E-state index in [9.17, 15) is 4.79 Å². The van der Waals surface area contributed by atoms with Crippen LogP contribution in [0, 0.1) is 0 Å². The molecule has 72 valence electrons. The lowest BCUT2D eigenvalue weighted by molar-refractivity contribution is -0.138. The topological polar surface area (TPSA) is 64.3 Å². The van der Waals surface area contributed by atoms with Gasteiger partial charge in [0.05, 0.1) is 19.2 Å². The van der Waals surface area contributed by atoms with Crippen molar-refractivity contribution in [3.63, 3.8) is 0 Å². The van der Waals surface area contributed by atoms with Gasteiger partial charge in [0.1, 0.15) is 0 Å². The van der Waals surface area contributed by atoms with Gasteiger partial charge in [-0.15, -0.1) is 0 Å². The molecule has 0 bridgehead atoms. The summed E-state index contributed by atoms with van der Waals surface area (Å²) in [6, 6.07) is 0. The second-order valence-electron chi connectivity index (χ2n) is 2.79. The van der Waals surface area contributed by atoms with Gasteiger partial charge in [-0.05, 0) is 6.92 Å². The molecule has 0 aliphatic rings. The van der Waals surface area contributed by atoms with Crippen LogP contribution in [0.4, 0.5) is 0 Å². The highest BCUT2D eigenvalue weighted by Gasteiger charge is 2.21. The lowest BCUT2D eigenvalue weighted by atomic mass is 10.1. The number of aliphatic carboxylic acids is 1. The standard InChI is InChI=1S/C8H12N2O3/c1-5(8(11)12)6-4-9-10(2)7(6)13-3/h4-5H,1-3H3,(H,11,12). The average Bonchev–Trinajstić information content (AvgIpc) is 2.45. The minimum atomic E-state index is -0.883. The maximum Gasteiger partial charge on any atom is 0.310 e. The van der Waals surface area contributed by atoms with Crippen molar-refractivity contribution in [2.45, 2.75) is 12.8 Å². The Hall–Kier alpha value is -1.52. The number of aromatic nitrogens is 2. The van der Waals surface area contributed by atoms with Crippen molar-refractivity contribution in [1.82, 2.24) is 9.78 Å². The van der Waals surface area contributed by atoms with Crippen LogP contribution in [0.3, 0.4) is 0 Å². The molecule has 0 aliphatic carbocycles. The Labute approximate surface area is 75.9 Å². The van der Waals surface area contributed by atoms with Gasteiger partial charge >= 0.3 is 5.97 Å². The number of rotatable bonds is 3. The summed E-state index contributed by atoms with van der Waals surface area (Å²) in [6.07, 6.45) is 1.51. The van der Waals surface area contributed by atoms with E-state index in [1.165, 1.54) is 18.0 Å². The van der Waals surface area contributed by atoms with Crippen molar-refractivity contribution in [1.29, 1.82) is 0 Å². The summed E-state index contributed by atoms with van der Waals surface area (Å²) in [5.41, 5.74) is 0.595. The molecule has 5 heteroatoms. The Bertz CT molecular complexity index is 319. The molecule has 1 N–H and O–H groups in total. The van der Waals surface area contributed by atoms with Gasteiger partial charge < -0.3 is 9.84 Å². The van der Waals surface area contributed by atoms with Crippen molar-refractivity contribution in [2.75, 3.05) is 7.11 Å². The smallest absolute Gasteiger partial charge is 0.310 e. The number of ether oxygens (including phenoxy) is 1. The minimum Gasteiger partial charge on any atom is -0.481 e. The summed E-state index contributed by atoms with van der Waals surface area (Å²) in [4.78, 5) is 10.7. The maximum absolute atomic E-state index is 10.7. The highest BCUT2D eigenvalue weighted by Crippen LogP contribution is 2.25. The molecule has 1 aromatic rings. The summed E-state index contributed by atoms with van der Waals surface area (Å²) in [7, 11) is 3.20. The molecular formula is C8H12N2O3. The van der Waals surface area contributed by atoms with Crippen molar-refractivity contribution in [3.8, 4) is 5.88 Å². The van der Waals surface area contributed by atoms with Crippen molar-refractivity contribution in [3.05, 3.63) is 11.8 Å². The van der Waals surface area contributed by atoms with Crippen LogP contribution in [0.25, 0.3) is 0 Å². The van der Waals surface area contributed by atoms with Crippen LogP contribution in [-0.2, 0) is 11.8 Å². The zero-order chi connectivity index (χ0) is 10.0. The zero-order valence-corrected chi connectivity index (χ0v) is 7.81. The molecule has 1 rings (SSSR count). The van der Waals surface area contributed by atoms with Crippen LogP contribution >= 0.6 is 0 Å². The van der Waals surface area contributed by atoms with Gasteiger partial charge in [0, 0.05) is 12.6 Å². The van der Waals surface area contributed by atoms with Crippen LogP contribution in [-0.4, -0.2) is 28.0 Å². The Morgan fingerprint density at radius 3 is 2.85 bits per heavy atom. The monoisotopic (exact) mass is 184 g/mol. The van der Waals surface area contributed by atoms with Gasteiger partial charge in [0.25, 0.3) is 0 Å². The summed E-state index contributed by atoms with van der Waals surface area (Å²) >= 11 is 0. The first-order chi connectivity index (χ1) is 6.07. The molecule has 0 radical (unpaired) electrons. The molecule has 13 heavy (non-hydrogen) atoms. The fourth-order valence-electron chi connectivity index (χ4n) is 1.12. The minimum absolute atomic E-state index is 0.495.